The number of rotatable bonds is 6. The first-order valence-electron chi connectivity index (χ1n) is 10.5. The Balaban J connectivity index is 0.00000108. The van der Waals surface area contributed by atoms with Crippen LogP contribution in [-0.4, -0.2) is 46.8 Å². The number of nitrogen functional groups attached to an aromatic ring is 1. The van der Waals surface area contributed by atoms with Gasteiger partial charge in [-0.05, 0) is 43.7 Å². The molecule has 1 aliphatic rings. The number of nitrogens with zero attached hydrogens (tertiary/aromatic N) is 3. The quantitative estimate of drug-likeness (QED) is 0.299. The summed E-state index contributed by atoms with van der Waals surface area (Å²) in [4.78, 5) is 9.88. The molecule has 3 heterocycles. The highest BCUT2D eigenvalue weighted by Gasteiger charge is 2.37. The van der Waals surface area contributed by atoms with Crippen molar-refractivity contribution >= 4 is 52.2 Å². The number of halogens is 3. The van der Waals surface area contributed by atoms with Crippen molar-refractivity contribution in [2.75, 3.05) is 36.2 Å². The molecule has 3 aromatic rings. The maximum Gasteiger partial charge on any atom is 0.166 e. The Morgan fingerprint density at radius 1 is 1.20 bits per heavy atom. The molecular weight excluding hydrogens is 510 g/mol. The molecule has 7 nitrogen and oxygen atoms in total. The second kappa shape index (κ2) is 11.4. The van der Waals surface area contributed by atoms with Crippen LogP contribution in [0.25, 0.3) is 0 Å². The maximum absolute atomic E-state index is 14.7. The summed E-state index contributed by atoms with van der Waals surface area (Å²) in [6.45, 7) is 3.05. The van der Waals surface area contributed by atoms with E-state index in [-0.39, 0.29) is 23.7 Å². The smallest absolute Gasteiger partial charge is 0.166 e. The first-order chi connectivity index (χ1) is 16.6. The first-order valence-corrected chi connectivity index (χ1v) is 12.9. The van der Waals surface area contributed by atoms with Crippen LogP contribution in [0.3, 0.4) is 0 Å². The number of anilines is 2. The predicted molar refractivity (Wildman–Crippen MR) is 144 cm³/mol. The van der Waals surface area contributed by atoms with Gasteiger partial charge in [0.25, 0.3) is 0 Å². The molecule has 11 heteroatoms. The fourth-order valence-corrected chi connectivity index (χ4v) is 3.98. The number of thioether (sulfide) groups is 1. The van der Waals surface area contributed by atoms with Gasteiger partial charge in [-0.15, -0.1) is 0 Å². The summed E-state index contributed by atoms with van der Waals surface area (Å²) in [5.41, 5.74) is 13.4. The molecule has 1 fully saturated rings. The number of nitrogens with two attached hydrogens (primary N) is 2. The third-order valence-corrected chi connectivity index (χ3v) is 5.80. The van der Waals surface area contributed by atoms with Crippen LogP contribution in [0, 0.1) is 11.2 Å². The average Bonchev–Trinajstić information content (AvgIpc) is 2.78. The van der Waals surface area contributed by atoms with E-state index in [9.17, 15) is 4.39 Å². The van der Waals surface area contributed by atoms with Crippen LogP contribution >= 0.6 is 35.0 Å². The van der Waals surface area contributed by atoms with Crippen molar-refractivity contribution in [3.63, 3.8) is 0 Å². The summed E-state index contributed by atoms with van der Waals surface area (Å²) in [5, 5.41) is 9.32. The van der Waals surface area contributed by atoms with Gasteiger partial charge < -0.3 is 21.1 Å². The highest BCUT2D eigenvalue weighted by molar-refractivity contribution is 7.97. The van der Waals surface area contributed by atoms with Crippen LogP contribution in [0.2, 0.25) is 10.0 Å². The highest BCUT2D eigenvalue weighted by Crippen LogP contribution is 2.29. The summed E-state index contributed by atoms with van der Waals surface area (Å²) < 4.78 is 20.5. The van der Waals surface area contributed by atoms with Gasteiger partial charge in [0.15, 0.2) is 11.6 Å². The maximum atomic E-state index is 14.7. The summed E-state index contributed by atoms with van der Waals surface area (Å²) in [6, 6.07) is 6.18. The molecular formula is C24H27Cl2FN6OS. The minimum Gasteiger partial charge on any atom is -0.489 e. The fraction of sp³-hybridized carbons (Fsp3) is 0.292. The number of hydrogen-bond acceptors (Lipinski definition) is 8. The van der Waals surface area contributed by atoms with Gasteiger partial charge in [-0.1, -0.05) is 23.2 Å². The molecule has 0 bridgehead atoms. The van der Waals surface area contributed by atoms with Gasteiger partial charge >= 0.3 is 0 Å². The Morgan fingerprint density at radius 3 is 2.40 bits per heavy atom. The van der Waals surface area contributed by atoms with Crippen LogP contribution in [0.4, 0.5) is 15.9 Å². The minimum absolute atomic E-state index is 0.0261. The standard InChI is InChI=1S/C22H21Cl2FN6O.C2H6S/c1-22(28)10-31(11-22)21-18(25)4-12(6-30-21)20(27)14-5-13(2-3-19(14)26)32-9-15-16(23)7-29-8-17(15)24;1-3-2/h2-8,27H,9-11,26,28H2,1H3;1-2H3. The summed E-state index contributed by atoms with van der Waals surface area (Å²) >= 11 is 14.0. The lowest BCUT2D eigenvalue weighted by atomic mass is 9.93. The van der Waals surface area contributed by atoms with E-state index in [4.69, 9.17) is 44.8 Å². The van der Waals surface area contributed by atoms with Crippen molar-refractivity contribution in [1.29, 1.82) is 5.41 Å². The van der Waals surface area contributed by atoms with E-state index >= 15 is 0 Å². The number of benzene rings is 1. The van der Waals surface area contributed by atoms with Crippen molar-refractivity contribution in [1.82, 2.24) is 9.97 Å². The number of ether oxygens (including phenoxy) is 1. The van der Waals surface area contributed by atoms with Gasteiger partial charge in [0, 0.05) is 59.6 Å². The number of aromatic nitrogens is 2. The summed E-state index contributed by atoms with van der Waals surface area (Å²) in [5.74, 6) is 0.159. The topological polar surface area (TPSA) is 114 Å². The number of nitrogens with one attached hydrogen (secondary N) is 1. The molecule has 35 heavy (non-hydrogen) atoms. The van der Waals surface area contributed by atoms with Crippen molar-refractivity contribution in [3.05, 3.63) is 75.4 Å². The molecule has 1 saturated heterocycles. The van der Waals surface area contributed by atoms with Crippen LogP contribution in [0.15, 0.2) is 42.9 Å². The van der Waals surface area contributed by atoms with Crippen molar-refractivity contribution < 1.29 is 9.13 Å². The lowest BCUT2D eigenvalue weighted by Crippen LogP contribution is -2.66. The summed E-state index contributed by atoms with van der Waals surface area (Å²) in [7, 11) is 0. The summed E-state index contributed by atoms with van der Waals surface area (Å²) in [6.07, 6.45) is 8.50. The molecule has 4 rings (SSSR count). The Morgan fingerprint density at radius 2 is 1.83 bits per heavy atom. The molecule has 0 aliphatic carbocycles. The SMILES string of the molecule is CC1(N)CN(c2ncc(C(=N)c3cc(OCc4c(Cl)cncc4Cl)ccc3N)cc2F)C1.CSC. The van der Waals surface area contributed by atoms with E-state index in [2.05, 4.69) is 9.97 Å². The van der Waals surface area contributed by atoms with Crippen molar-refractivity contribution in [2.45, 2.75) is 19.1 Å². The zero-order valence-corrected chi connectivity index (χ0v) is 21.9. The average molecular weight is 537 g/mol. The van der Waals surface area contributed by atoms with Crippen molar-refractivity contribution in [3.8, 4) is 5.75 Å². The van der Waals surface area contributed by atoms with E-state index in [1.807, 2.05) is 19.4 Å². The Bertz CT molecular complexity index is 1200. The van der Waals surface area contributed by atoms with Crippen LogP contribution in [0.5, 0.6) is 5.75 Å². The molecule has 0 atom stereocenters. The number of hydrogen-bond donors (Lipinski definition) is 3. The number of pyridine rings is 2. The van der Waals surface area contributed by atoms with Gasteiger partial charge in [0.2, 0.25) is 0 Å². The first kappa shape index (κ1) is 27.0. The minimum atomic E-state index is -0.518. The molecule has 0 saturated carbocycles. The molecule has 0 radical (unpaired) electrons. The molecule has 0 unspecified atom stereocenters. The van der Waals surface area contributed by atoms with E-state index in [0.717, 1.165) is 0 Å². The third-order valence-electron chi connectivity index (χ3n) is 5.14. The van der Waals surface area contributed by atoms with Gasteiger partial charge in [0.1, 0.15) is 12.4 Å². The molecule has 1 aliphatic heterocycles. The molecule has 1 aromatic carbocycles. The molecule has 0 amide bonds. The second-order valence-electron chi connectivity index (χ2n) is 8.44. The normalized spacial score (nSPS) is 14.0. The van der Waals surface area contributed by atoms with E-state index in [0.29, 0.717) is 51.3 Å². The van der Waals surface area contributed by atoms with E-state index in [1.165, 1.54) is 24.7 Å². The molecule has 5 N–H and O–H groups in total. The zero-order chi connectivity index (χ0) is 25.8. The monoisotopic (exact) mass is 536 g/mol. The van der Waals surface area contributed by atoms with Gasteiger partial charge in [-0.25, -0.2) is 9.37 Å². The molecule has 0 spiro atoms. The van der Waals surface area contributed by atoms with Gasteiger partial charge in [-0.3, -0.25) is 10.4 Å². The Kier molecular flexibility index (Phi) is 8.82. The Labute approximate surface area is 218 Å². The second-order valence-corrected chi connectivity index (χ2v) is 10.1. The van der Waals surface area contributed by atoms with E-state index < -0.39 is 5.82 Å². The predicted octanol–water partition coefficient (Wildman–Crippen LogP) is 5.02. The largest absolute Gasteiger partial charge is 0.489 e. The zero-order valence-electron chi connectivity index (χ0n) is 19.6. The lowest BCUT2D eigenvalue weighted by Gasteiger charge is -2.46. The third kappa shape index (κ3) is 6.55. The van der Waals surface area contributed by atoms with Gasteiger partial charge in [0.05, 0.1) is 15.8 Å². The van der Waals surface area contributed by atoms with Crippen LogP contribution in [-0.2, 0) is 6.61 Å². The van der Waals surface area contributed by atoms with Crippen molar-refractivity contribution in [2.24, 2.45) is 5.73 Å². The highest BCUT2D eigenvalue weighted by atomic mass is 35.5. The Hall–Kier alpha value is -2.59. The van der Waals surface area contributed by atoms with Crippen LogP contribution < -0.4 is 21.1 Å². The van der Waals surface area contributed by atoms with E-state index in [1.54, 1.807) is 34.9 Å². The van der Waals surface area contributed by atoms with Crippen LogP contribution in [0.1, 0.15) is 23.6 Å². The lowest BCUT2D eigenvalue weighted by molar-refractivity contribution is 0.306. The van der Waals surface area contributed by atoms with Gasteiger partial charge in [-0.2, -0.15) is 11.8 Å². The molecule has 186 valence electrons. The fourth-order valence-electron chi connectivity index (χ4n) is 3.50. The molecule has 2 aromatic heterocycles.